The van der Waals surface area contributed by atoms with Crippen LogP contribution in [0, 0.1) is 0 Å². The van der Waals surface area contributed by atoms with E-state index < -0.39 is 16.4 Å². The molecule has 3 rings (SSSR count). The van der Waals surface area contributed by atoms with Gasteiger partial charge >= 0.3 is 6.36 Å². The van der Waals surface area contributed by atoms with Gasteiger partial charge in [0.1, 0.15) is 17.9 Å². The molecule has 29 heavy (non-hydrogen) atoms. The average molecular weight is 424 g/mol. The molecule has 1 aromatic heterocycles. The third-order valence-corrected chi connectivity index (χ3v) is 4.12. The van der Waals surface area contributed by atoms with Crippen molar-refractivity contribution in [1.29, 1.82) is 0 Å². The fraction of sp³-hybridized carbons (Fsp3) is 0.111. The second-order valence-electron chi connectivity index (χ2n) is 5.94. The molecule has 152 valence electrons. The molecule has 0 aliphatic heterocycles. The Bertz CT molecular complexity index is 1090. The maximum atomic E-state index is 12.2. The van der Waals surface area contributed by atoms with Crippen LogP contribution in [0.15, 0.2) is 60.9 Å². The Morgan fingerprint density at radius 2 is 1.55 bits per heavy atom. The summed E-state index contributed by atoms with van der Waals surface area (Å²) in [5.41, 5.74) is 2.23. The second-order valence-corrected chi connectivity index (χ2v) is 7.69. The minimum Gasteiger partial charge on any atom is -0.406 e. The largest absolute Gasteiger partial charge is 0.573 e. The first-order chi connectivity index (χ1) is 13.6. The van der Waals surface area contributed by atoms with Crippen LogP contribution < -0.4 is 14.8 Å². The highest BCUT2D eigenvalue weighted by molar-refractivity contribution is 7.92. The molecule has 0 amide bonds. The first kappa shape index (κ1) is 20.4. The van der Waals surface area contributed by atoms with Crippen LogP contribution >= 0.6 is 0 Å². The summed E-state index contributed by atoms with van der Waals surface area (Å²) in [5.74, 6) is 0.104. The number of hydrogen-bond acceptors (Lipinski definition) is 6. The normalized spacial score (nSPS) is 11.7. The van der Waals surface area contributed by atoms with E-state index in [0.717, 1.165) is 11.8 Å². The highest BCUT2D eigenvalue weighted by Crippen LogP contribution is 2.26. The van der Waals surface area contributed by atoms with Crippen LogP contribution in [0.2, 0.25) is 0 Å². The molecule has 0 saturated heterocycles. The number of nitrogens with zero attached hydrogens (tertiary/aromatic N) is 2. The van der Waals surface area contributed by atoms with Crippen molar-refractivity contribution in [2.75, 3.05) is 16.3 Å². The van der Waals surface area contributed by atoms with Gasteiger partial charge in [-0.3, -0.25) is 4.72 Å². The van der Waals surface area contributed by atoms with E-state index in [2.05, 4.69) is 24.7 Å². The minimum atomic E-state index is -4.75. The lowest BCUT2D eigenvalue weighted by Gasteiger charge is -2.10. The molecule has 0 aliphatic rings. The Labute approximate surface area is 164 Å². The van der Waals surface area contributed by atoms with Crippen LogP contribution in [0.4, 0.5) is 30.4 Å². The average Bonchev–Trinajstić information content (AvgIpc) is 2.62. The molecular formula is C18H15F3N4O3S. The lowest BCUT2D eigenvalue weighted by molar-refractivity contribution is -0.274. The predicted molar refractivity (Wildman–Crippen MR) is 102 cm³/mol. The van der Waals surface area contributed by atoms with Crippen molar-refractivity contribution in [1.82, 2.24) is 9.97 Å². The van der Waals surface area contributed by atoms with E-state index in [1.54, 1.807) is 30.3 Å². The van der Waals surface area contributed by atoms with Gasteiger partial charge in [0.05, 0.1) is 11.9 Å². The van der Waals surface area contributed by atoms with E-state index in [0.29, 0.717) is 22.9 Å². The van der Waals surface area contributed by atoms with Crippen molar-refractivity contribution >= 4 is 27.2 Å². The standard InChI is InChI=1S/C18H15F3N4O3S/c1-29(26,27)25-14-4-2-12(3-5-14)16-10-17(23-11-22-16)24-13-6-8-15(9-7-13)28-18(19,20)21/h2-11,25H,1H3,(H,22,23,24). The van der Waals surface area contributed by atoms with Gasteiger partial charge in [-0.2, -0.15) is 0 Å². The first-order valence-corrected chi connectivity index (χ1v) is 10.00. The highest BCUT2D eigenvalue weighted by Gasteiger charge is 2.30. The van der Waals surface area contributed by atoms with Gasteiger partial charge in [-0.1, -0.05) is 12.1 Å². The molecule has 2 N–H and O–H groups in total. The fourth-order valence-corrected chi connectivity index (χ4v) is 2.96. The molecule has 0 saturated carbocycles. The predicted octanol–water partition coefficient (Wildman–Crippen LogP) is 4.16. The van der Waals surface area contributed by atoms with Crippen LogP contribution in [-0.2, 0) is 10.0 Å². The van der Waals surface area contributed by atoms with Crippen molar-refractivity contribution in [3.8, 4) is 17.0 Å². The summed E-state index contributed by atoms with van der Waals surface area (Å²) in [6.45, 7) is 0. The lowest BCUT2D eigenvalue weighted by Crippen LogP contribution is -2.16. The first-order valence-electron chi connectivity index (χ1n) is 8.10. The molecule has 0 fully saturated rings. The number of halogens is 3. The Balaban J connectivity index is 1.73. The summed E-state index contributed by atoms with van der Waals surface area (Å²) in [7, 11) is -3.37. The molecule has 3 aromatic rings. The van der Waals surface area contributed by atoms with E-state index in [-0.39, 0.29) is 5.75 Å². The van der Waals surface area contributed by atoms with Crippen molar-refractivity contribution < 1.29 is 26.3 Å². The van der Waals surface area contributed by atoms with Crippen LogP contribution in [0.3, 0.4) is 0 Å². The molecule has 1 heterocycles. The topological polar surface area (TPSA) is 93.2 Å². The van der Waals surface area contributed by atoms with Gasteiger partial charge in [-0.05, 0) is 36.4 Å². The van der Waals surface area contributed by atoms with E-state index in [1.807, 2.05) is 0 Å². The summed E-state index contributed by atoms with van der Waals surface area (Å²) in [6.07, 6.45) is -2.35. The zero-order chi connectivity index (χ0) is 21.1. The zero-order valence-electron chi connectivity index (χ0n) is 14.9. The van der Waals surface area contributed by atoms with Gasteiger partial charge in [0.15, 0.2) is 0 Å². The molecule has 0 bridgehead atoms. The number of nitrogens with one attached hydrogen (secondary N) is 2. The number of aromatic nitrogens is 2. The minimum absolute atomic E-state index is 0.325. The Morgan fingerprint density at radius 3 is 2.14 bits per heavy atom. The van der Waals surface area contributed by atoms with Gasteiger partial charge in [0.2, 0.25) is 10.0 Å². The number of ether oxygens (including phenoxy) is 1. The summed E-state index contributed by atoms with van der Waals surface area (Å²) in [5, 5.41) is 2.97. The van der Waals surface area contributed by atoms with E-state index in [4.69, 9.17) is 0 Å². The van der Waals surface area contributed by atoms with Gasteiger partial charge in [0.25, 0.3) is 0 Å². The van der Waals surface area contributed by atoms with Gasteiger partial charge in [-0.15, -0.1) is 13.2 Å². The van der Waals surface area contributed by atoms with Crippen LogP contribution in [0.25, 0.3) is 11.3 Å². The third kappa shape index (κ3) is 6.35. The number of alkyl halides is 3. The van der Waals surface area contributed by atoms with Crippen molar-refractivity contribution in [3.05, 3.63) is 60.9 Å². The molecule has 7 nitrogen and oxygen atoms in total. The number of benzene rings is 2. The van der Waals surface area contributed by atoms with Gasteiger partial charge in [0, 0.05) is 23.0 Å². The van der Waals surface area contributed by atoms with E-state index in [1.165, 1.54) is 30.6 Å². The highest BCUT2D eigenvalue weighted by atomic mass is 32.2. The Hall–Kier alpha value is -3.34. The fourth-order valence-electron chi connectivity index (χ4n) is 2.39. The van der Waals surface area contributed by atoms with Crippen molar-refractivity contribution in [3.63, 3.8) is 0 Å². The van der Waals surface area contributed by atoms with Crippen LogP contribution in [0.5, 0.6) is 5.75 Å². The van der Waals surface area contributed by atoms with Crippen LogP contribution in [-0.4, -0.2) is 31.0 Å². The van der Waals surface area contributed by atoms with E-state index >= 15 is 0 Å². The number of anilines is 3. The molecule has 11 heteroatoms. The van der Waals surface area contributed by atoms with Gasteiger partial charge < -0.3 is 10.1 Å². The molecule has 2 aromatic carbocycles. The molecule has 0 unspecified atom stereocenters. The molecule has 0 spiro atoms. The number of sulfonamides is 1. The molecule has 0 aliphatic carbocycles. The molecule has 0 atom stereocenters. The molecule has 0 radical (unpaired) electrons. The molecular weight excluding hydrogens is 409 g/mol. The maximum absolute atomic E-state index is 12.2. The SMILES string of the molecule is CS(=O)(=O)Nc1ccc(-c2cc(Nc3ccc(OC(F)(F)F)cc3)ncn2)cc1. The maximum Gasteiger partial charge on any atom is 0.573 e. The van der Waals surface area contributed by atoms with Crippen LogP contribution in [0.1, 0.15) is 0 Å². The third-order valence-electron chi connectivity index (χ3n) is 3.51. The summed E-state index contributed by atoms with van der Waals surface area (Å²) in [6, 6.07) is 13.5. The zero-order valence-corrected chi connectivity index (χ0v) is 15.8. The Morgan fingerprint density at radius 1 is 0.931 bits per heavy atom. The van der Waals surface area contributed by atoms with E-state index in [9.17, 15) is 21.6 Å². The second kappa shape index (κ2) is 7.95. The Kier molecular flexibility index (Phi) is 5.59. The quantitative estimate of drug-likeness (QED) is 0.617. The lowest BCUT2D eigenvalue weighted by atomic mass is 10.1. The smallest absolute Gasteiger partial charge is 0.406 e. The number of hydrogen-bond donors (Lipinski definition) is 2. The van der Waals surface area contributed by atoms with Gasteiger partial charge in [-0.25, -0.2) is 18.4 Å². The van der Waals surface area contributed by atoms with Crippen molar-refractivity contribution in [2.45, 2.75) is 6.36 Å². The van der Waals surface area contributed by atoms with Crippen molar-refractivity contribution in [2.24, 2.45) is 0 Å². The number of rotatable bonds is 6. The summed E-state index contributed by atoms with van der Waals surface area (Å²) < 4.78 is 65.4. The summed E-state index contributed by atoms with van der Waals surface area (Å²) in [4.78, 5) is 8.26. The monoisotopic (exact) mass is 424 g/mol. The summed E-state index contributed by atoms with van der Waals surface area (Å²) >= 11 is 0.